The summed E-state index contributed by atoms with van der Waals surface area (Å²) in [6.45, 7) is 4.45. The summed E-state index contributed by atoms with van der Waals surface area (Å²) in [6, 6.07) is 6.74. The van der Waals surface area contributed by atoms with Gasteiger partial charge in [-0.15, -0.1) is 32.8 Å². The zero-order valence-corrected chi connectivity index (χ0v) is 75.8. The number of pyridine rings is 2. The predicted molar refractivity (Wildman–Crippen MR) is 447 cm³/mol. The van der Waals surface area contributed by atoms with Crippen molar-refractivity contribution in [3.05, 3.63) is 130 Å². The van der Waals surface area contributed by atoms with Crippen LogP contribution in [0.4, 0.5) is 24.0 Å². The molecule has 10 saturated heterocycles. The summed E-state index contributed by atoms with van der Waals surface area (Å²) in [7, 11) is -24.1. The Bertz CT molecular complexity index is 5380. The first-order valence-corrected chi connectivity index (χ1v) is 48.7. The lowest BCUT2D eigenvalue weighted by Crippen LogP contribution is -2.50. The molecule has 15 amide bonds. The van der Waals surface area contributed by atoms with E-state index in [1.807, 2.05) is 36.6 Å². The highest BCUT2D eigenvalue weighted by Crippen LogP contribution is 2.37. The number of aryl methyl sites for hydroxylation is 1. The molecule has 0 spiro atoms. The van der Waals surface area contributed by atoms with Crippen LogP contribution in [0, 0.1) is 6.92 Å². The van der Waals surface area contributed by atoms with Gasteiger partial charge in [0.25, 0.3) is 29.5 Å². The zero-order valence-electron chi connectivity index (χ0n) is 70.9. The number of hydrogen-bond acceptors (Lipinski definition) is 39. The average molecular weight is 2030 g/mol. The molecule has 0 aliphatic carbocycles. The summed E-state index contributed by atoms with van der Waals surface area (Å²) in [5, 5.41) is 8.11. The molecule has 5 aromatic heterocycles. The molecule has 19 N–H and O–H groups in total. The minimum atomic E-state index is -4.83. The first-order chi connectivity index (χ1) is 63.8. The van der Waals surface area contributed by atoms with Gasteiger partial charge in [0.2, 0.25) is 0 Å². The van der Waals surface area contributed by atoms with Crippen LogP contribution in [0.25, 0.3) is 0 Å². The second-order valence-electron chi connectivity index (χ2n) is 31.5. The molecule has 65 heteroatoms. The number of piperidine rings is 5. The third-order valence-electron chi connectivity index (χ3n) is 22.5. The fourth-order valence-corrected chi connectivity index (χ4v) is 18.9. The second kappa shape index (κ2) is 44.6. The maximum Gasteiger partial charge on any atom is 0.418 e. The zero-order chi connectivity index (χ0) is 97.8. The van der Waals surface area contributed by atoms with E-state index in [-0.39, 0.29) is 91.1 Å². The van der Waals surface area contributed by atoms with Crippen molar-refractivity contribution in [2.24, 2.45) is 22.9 Å². The fourth-order valence-electron chi connectivity index (χ4n) is 16.2. The van der Waals surface area contributed by atoms with E-state index in [0.717, 1.165) is 44.7 Å². The number of aromatic nitrogens is 3. The Labute approximate surface area is 772 Å². The topological polar surface area (TPSA) is 787 Å². The molecule has 16 heterocycles. The molecule has 16 rings (SSSR count). The van der Waals surface area contributed by atoms with Crippen molar-refractivity contribution in [1.82, 2.24) is 97.1 Å². The maximum absolute atomic E-state index is 12.5. The number of amides is 15. The van der Waals surface area contributed by atoms with Gasteiger partial charge in [-0.3, -0.25) is 80.9 Å². The largest absolute Gasteiger partial charge is 0.468 e. The SMILES string of the molecule is Cc1ccc2n1CCNC2CONC(=O)[C@@H]1CC[C@@H]2CN1C(=O)N2OS(=O)(=O)O.NC(CONC(=O)[C@@H]1CC[C@@H]2CN1C(=O)N2OS(=O)(=O)O)c1ccccn1.NC(CONC(=O)[C@@H]1CC[C@@H]2CN1C(=O)N2OS(=O)(=O)O)c1cccnc1.NC(CONC(=O)[C@@H]1CC[C@@H]2CN1C(=O)N2OS(=O)(=O)O)c1ccco1.NC(CONC(=O)[C@@H]1CC[C@@H]2CN1C(=O)N2OS(=O)(=O)O)c1cccs1. The predicted octanol–water partition coefficient (Wildman–Crippen LogP) is -3.12. The smallest absolute Gasteiger partial charge is 0.418 e. The molecule has 135 heavy (non-hydrogen) atoms. The Kier molecular flexibility index (Phi) is 34.0. The van der Waals surface area contributed by atoms with E-state index in [1.165, 1.54) is 32.3 Å². The number of hydroxylamine groups is 15. The molecule has 10 fully saturated rings. The maximum atomic E-state index is 12.5. The van der Waals surface area contributed by atoms with Gasteiger partial charge in [0.1, 0.15) is 36.0 Å². The van der Waals surface area contributed by atoms with Crippen LogP contribution in [0.5, 0.6) is 0 Å². The van der Waals surface area contributed by atoms with Gasteiger partial charge in [-0.25, -0.2) is 51.4 Å². The fraction of sp³-hybridized carbons (Fsp3) is 0.543. The van der Waals surface area contributed by atoms with E-state index < -0.39 is 196 Å². The number of nitrogens with two attached hydrogens (primary N) is 4. The van der Waals surface area contributed by atoms with Crippen molar-refractivity contribution in [1.29, 1.82) is 0 Å². The summed E-state index contributed by atoms with van der Waals surface area (Å²) in [4.78, 5) is 164. The van der Waals surface area contributed by atoms with Gasteiger partial charge in [-0.1, -0.05) is 18.2 Å². The average Bonchev–Trinajstić information content (AvgIpc) is 1.64. The quantitative estimate of drug-likeness (QED) is 0.0143. The Balaban J connectivity index is 0.000000152. The minimum absolute atomic E-state index is 0.00127. The lowest BCUT2D eigenvalue weighted by Gasteiger charge is -2.30. The highest BCUT2D eigenvalue weighted by atomic mass is 32.3. The number of hydrogen-bond donors (Lipinski definition) is 15. The van der Waals surface area contributed by atoms with E-state index in [0.29, 0.717) is 81.7 Å². The number of carbonyl (C=O) groups excluding carboxylic acids is 10. The Morgan fingerprint density at radius 1 is 0.452 bits per heavy atom. The summed E-state index contributed by atoms with van der Waals surface area (Å²) in [5.41, 5.74) is 38.6. The standard InChI is InChI=1S/C16H23N5O7S.2C14H19N5O7S.C13H18N4O8S.C13H18N4O7S2/c1-10-2-4-13-12(17-6-7-19(10)13)9-27-18-15(22)14-5-3-11-8-20(14)16(23)21(11)28-29(24,25)26;15-11(9-2-1-5-16-6-9)8-25-17-13(20)12-4-3-10-7-18(12)14(21)19(10)26-27(22,23)24;15-10(11-3-1-2-6-16-11)8-25-17-13(20)12-5-4-9-7-18(12)14(21)19(9)26-27(22,23)24;14-9(11-2-1-5-23-11)7-24-15-12(18)10-4-3-8-6-16(10)13(19)17(8)25-26(20,21)22;14-9(11-2-1-5-25-11)7-23-15-12(18)10-4-3-8-6-16(10)13(19)17(8)24-26(20,21)22/h2,4,11-12,14,17H,3,5-9H2,1H3,(H,18,22)(H,24,25,26);1-2,5-6,10-12H,3-4,7-8,15H2,(H,17,20)(H,22,23,24);1-3,6,9-10,12H,4-5,7-8,15H2,(H,17,20)(H,22,23,24);2*1-2,5,8-10H,3-4,6-7,14H2,(H,15,18)(H,20,21,22)/t11-,12?,14+;10-,11?,12+;9-,10?,12+;2*8-,9?,10+/m11111/s1. The molecule has 5 aromatic rings. The van der Waals surface area contributed by atoms with Crippen LogP contribution in [0.15, 0.2) is 101 Å². The molecule has 15 atom stereocenters. The number of urea groups is 5. The molecule has 11 aliphatic rings. The lowest BCUT2D eigenvalue weighted by molar-refractivity contribution is -0.140. The number of thiophene rings is 1. The Morgan fingerprint density at radius 3 is 1.17 bits per heavy atom. The second-order valence-corrected chi connectivity index (χ2v) is 37.5. The van der Waals surface area contributed by atoms with Gasteiger partial charge in [-0.2, -0.15) is 67.4 Å². The van der Waals surface area contributed by atoms with E-state index >= 15 is 0 Å². The van der Waals surface area contributed by atoms with Crippen molar-refractivity contribution in [2.45, 2.75) is 168 Å². The number of furan rings is 1. The third-order valence-corrected chi connectivity index (χ3v) is 25.2. The third kappa shape index (κ3) is 27.2. The van der Waals surface area contributed by atoms with Crippen molar-refractivity contribution in [3.63, 3.8) is 0 Å². The van der Waals surface area contributed by atoms with E-state index in [9.17, 15) is 90.0 Å². The summed E-state index contributed by atoms with van der Waals surface area (Å²) < 4.78 is 181. The van der Waals surface area contributed by atoms with Crippen molar-refractivity contribution in [2.75, 3.05) is 72.3 Å². The lowest BCUT2D eigenvalue weighted by atomic mass is 10.0. The number of fused-ring (bicyclic) bond motifs is 11. The van der Waals surface area contributed by atoms with Crippen molar-refractivity contribution < 1.29 is 163 Å². The van der Waals surface area contributed by atoms with Gasteiger partial charge in [0.05, 0.1) is 105 Å². The molecule has 0 aromatic carbocycles. The molecule has 10 bridgehead atoms. The van der Waals surface area contributed by atoms with Crippen LogP contribution in [-0.4, -0.2) is 322 Å². The van der Waals surface area contributed by atoms with Crippen molar-refractivity contribution in [3.8, 4) is 0 Å². The first kappa shape index (κ1) is 103. The van der Waals surface area contributed by atoms with Gasteiger partial charge in [0, 0.05) is 80.7 Å². The number of nitrogens with one attached hydrogen (secondary N) is 6. The van der Waals surface area contributed by atoms with Gasteiger partial charge in [0.15, 0.2) is 0 Å². The summed E-state index contributed by atoms with van der Waals surface area (Å²) >= 11 is 1.47. The highest BCUT2D eigenvalue weighted by molar-refractivity contribution is 7.81. The molecule has 744 valence electrons. The minimum Gasteiger partial charge on any atom is -0.468 e. The molecule has 5 unspecified atom stereocenters. The normalized spacial score (nSPS) is 24.3. The monoisotopic (exact) mass is 2030 g/mol. The first-order valence-electron chi connectivity index (χ1n) is 41.0. The van der Waals surface area contributed by atoms with Crippen LogP contribution in [-0.2, 0) is 128 Å². The molecule has 59 nitrogen and oxygen atoms in total. The van der Waals surface area contributed by atoms with Crippen LogP contribution in [0.3, 0.4) is 0 Å². The highest BCUT2D eigenvalue weighted by Gasteiger charge is 2.55. The molecule has 0 radical (unpaired) electrons. The Hall–Kier alpha value is -10.8. The van der Waals surface area contributed by atoms with E-state index in [4.69, 9.17) is 74.3 Å². The van der Waals surface area contributed by atoms with Gasteiger partial charge < -0.3 is 61.7 Å². The van der Waals surface area contributed by atoms with Crippen LogP contribution >= 0.6 is 11.3 Å². The number of rotatable bonds is 34. The van der Waals surface area contributed by atoms with Crippen LogP contribution in [0.2, 0.25) is 0 Å². The number of carbonyl (C=O) groups is 10. The molecule has 11 aliphatic heterocycles. The van der Waals surface area contributed by atoms with E-state index in [2.05, 4.69) is 68.7 Å². The molecule has 0 saturated carbocycles. The molecular formula is C70H97N23O36S6. The van der Waals surface area contributed by atoms with Crippen molar-refractivity contribution >= 4 is 123 Å². The Morgan fingerprint density at radius 2 is 0.830 bits per heavy atom. The van der Waals surface area contributed by atoms with E-state index in [1.54, 1.807) is 61.1 Å². The van der Waals surface area contributed by atoms with Gasteiger partial charge in [-0.05, 0) is 131 Å². The summed E-state index contributed by atoms with van der Waals surface area (Å²) in [5.74, 6) is -2.24. The van der Waals surface area contributed by atoms with Crippen LogP contribution < -0.4 is 55.7 Å². The summed E-state index contributed by atoms with van der Waals surface area (Å²) in [6.07, 6.45) is 9.37. The molecular weight excluding hydrogens is 1930 g/mol. The van der Waals surface area contributed by atoms with Gasteiger partial charge >= 0.3 is 82.2 Å². The number of nitrogens with zero attached hydrogens (tertiary/aromatic N) is 13. The van der Waals surface area contributed by atoms with Crippen LogP contribution in [0.1, 0.15) is 128 Å².